The highest BCUT2D eigenvalue weighted by Crippen LogP contribution is 2.30. The van der Waals surface area contributed by atoms with Gasteiger partial charge in [0.05, 0.1) is 22.7 Å². The number of hydrogen-bond acceptors (Lipinski definition) is 5. The Kier molecular flexibility index (Phi) is 3.33. The predicted molar refractivity (Wildman–Crippen MR) is 84.5 cm³/mol. The van der Waals surface area contributed by atoms with Gasteiger partial charge in [-0.05, 0) is 40.5 Å². The van der Waals surface area contributed by atoms with Crippen LogP contribution in [0.2, 0.25) is 0 Å². The number of nitrogens with two attached hydrogens (primary N) is 1. The second-order valence-electron chi connectivity index (χ2n) is 5.00. The average molecular weight is 356 g/mol. The maximum atomic E-state index is 11.5. The summed E-state index contributed by atoms with van der Waals surface area (Å²) in [6.07, 6.45) is 2.34. The second-order valence-corrected chi connectivity index (χ2v) is 8.14. The number of halogens is 1. The number of hydrogen-bond donors (Lipinski definition) is 2. The van der Waals surface area contributed by atoms with Crippen molar-refractivity contribution < 1.29 is 8.42 Å². The molecule has 106 valence electrons. The van der Waals surface area contributed by atoms with Crippen molar-refractivity contribution in [2.75, 3.05) is 22.6 Å². The van der Waals surface area contributed by atoms with Gasteiger partial charge in [-0.25, -0.2) is 8.42 Å². The molecule has 3 N–H and O–H groups in total. The molecule has 2 heterocycles. The van der Waals surface area contributed by atoms with Crippen molar-refractivity contribution in [2.24, 2.45) is 0 Å². The minimum absolute atomic E-state index is 0.0581. The van der Waals surface area contributed by atoms with Crippen LogP contribution in [-0.4, -0.2) is 30.9 Å². The summed E-state index contributed by atoms with van der Waals surface area (Å²) in [6.45, 7) is 0. The molecule has 20 heavy (non-hydrogen) atoms. The molecule has 1 atom stereocenters. The number of nitrogen functional groups attached to an aromatic ring is 1. The van der Waals surface area contributed by atoms with Gasteiger partial charge in [-0.15, -0.1) is 0 Å². The number of benzene rings is 1. The van der Waals surface area contributed by atoms with Crippen LogP contribution in [0.3, 0.4) is 0 Å². The van der Waals surface area contributed by atoms with E-state index in [1.54, 1.807) is 6.20 Å². The van der Waals surface area contributed by atoms with Gasteiger partial charge in [0.25, 0.3) is 0 Å². The van der Waals surface area contributed by atoms with Crippen molar-refractivity contribution in [1.29, 1.82) is 0 Å². The van der Waals surface area contributed by atoms with Gasteiger partial charge in [0, 0.05) is 27.8 Å². The molecule has 1 aliphatic rings. The number of fused-ring (bicyclic) bond motifs is 1. The maximum absolute atomic E-state index is 11.5. The fraction of sp³-hybridized carbons (Fsp3) is 0.308. The lowest BCUT2D eigenvalue weighted by atomic mass is 10.1. The zero-order chi connectivity index (χ0) is 14.3. The highest BCUT2D eigenvalue weighted by Gasteiger charge is 2.28. The molecule has 0 amide bonds. The van der Waals surface area contributed by atoms with Crippen molar-refractivity contribution in [3.63, 3.8) is 0 Å². The van der Waals surface area contributed by atoms with E-state index in [1.807, 2.05) is 18.2 Å². The van der Waals surface area contributed by atoms with Gasteiger partial charge < -0.3 is 11.1 Å². The third-order valence-corrected chi connectivity index (χ3v) is 5.64. The summed E-state index contributed by atoms with van der Waals surface area (Å²) in [5, 5.41) is 4.13. The van der Waals surface area contributed by atoms with E-state index in [2.05, 4.69) is 26.2 Å². The van der Waals surface area contributed by atoms with E-state index >= 15 is 0 Å². The molecule has 3 rings (SSSR count). The van der Waals surface area contributed by atoms with E-state index < -0.39 is 9.84 Å². The number of aromatic nitrogens is 1. The zero-order valence-electron chi connectivity index (χ0n) is 10.6. The second kappa shape index (κ2) is 4.89. The Morgan fingerprint density at radius 3 is 2.90 bits per heavy atom. The van der Waals surface area contributed by atoms with Crippen LogP contribution in [0.5, 0.6) is 0 Å². The molecule has 0 spiro atoms. The Bertz CT molecular complexity index is 777. The lowest BCUT2D eigenvalue weighted by molar-refractivity contribution is 0.602. The van der Waals surface area contributed by atoms with Gasteiger partial charge in [-0.2, -0.15) is 0 Å². The third kappa shape index (κ3) is 2.60. The largest absolute Gasteiger partial charge is 0.398 e. The summed E-state index contributed by atoms with van der Waals surface area (Å²) in [7, 11) is -2.90. The maximum Gasteiger partial charge on any atom is 0.152 e. The highest BCUT2D eigenvalue weighted by atomic mass is 79.9. The highest BCUT2D eigenvalue weighted by molar-refractivity contribution is 9.10. The van der Waals surface area contributed by atoms with E-state index in [1.165, 1.54) is 0 Å². The van der Waals surface area contributed by atoms with Crippen molar-refractivity contribution in [3.05, 3.63) is 28.9 Å². The first-order valence-electron chi connectivity index (χ1n) is 6.25. The topological polar surface area (TPSA) is 85.1 Å². The first kappa shape index (κ1) is 13.6. The molecule has 7 heteroatoms. The molecule has 1 unspecified atom stereocenters. The Labute approximate surface area is 125 Å². The quantitative estimate of drug-likeness (QED) is 0.806. The first-order valence-corrected chi connectivity index (χ1v) is 8.87. The summed E-state index contributed by atoms with van der Waals surface area (Å²) in [4.78, 5) is 4.38. The van der Waals surface area contributed by atoms with Crippen LogP contribution in [0.15, 0.2) is 28.9 Å². The Morgan fingerprint density at radius 1 is 1.40 bits per heavy atom. The lowest BCUT2D eigenvalue weighted by Crippen LogP contribution is -2.20. The summed E-state index contributed by atoms with van der Waals surface area (Å²) in [5.41, 5.74) is 8.20. The van der Waals surface area contributed by atoms with E-state index in [4.69, 9.17) is 5.73 Å². The Hall–Kier alpha value is -1.34. The van der Waals surface area contributed by atoms with E-state index in [9.17, 15) is 8.42 Å². The normalized spacial score (nSPS) is 21.1. The molecular formula is C13H14BrN3O2S. The summed E-state index contributed by atoms with van der Waals surface area (Å²) < 4.78 is 23.9. The molecular weight excluding hydrogens is 342 g/mol. The van der Waals surface area contributed by atoms with Crippen molar-refractivity contribution >= 4 is 48.0 Å². The van der Waals surface area contributed by atoms with Crippen LogP contribution in [0.1, 0.15) is 6.42 Å². The van der Waals surface area contributed by atoms with Gasteiger partial charge >= 0.3 is 0 Å². The van der Waals surface area contributed by atoms with Gasteiger partial charge in [0.1, 0.15) is 0 Å². The van der Waals surface area contributed by atoms with E-state index in [0.717, 1.165) is 21.1 Å². The van der Waals surface area contributed by atoms with Crippen molar-refractivity contribution in [3.8, 4) is 0 Å². The van der Waals surface area contributed by atoms with Gasteiger partial charge in [0.2, 0.25) is 0 Å². The fourth-order valence-corrected chi connectivity index (χ4v) is 4.47. The number of pyridine rings is 1. The number of rotatable bonds is 2. The molecule has 1 fully saturated rings. The Morgan fingerprint density at radius 2 is 2.20 bits per heavy atom. The zero-order valence-corrected chi connectivity index (χ0v) is 13.0. The number of anilines is 2. The van der Waals surface area contributed by atoms with Crippen molar-refractivity contribution in [2.45, 2.75) is 12.5 Å². The fourth-order valence-electron chi connectivity index (χ4n) is 2.46. The van der Waals surface area contributed by atoms with E-state index in [-0.39, 0.29) is 17.5 Å². The SMILES string of the molecule is Nc1ccc(NC2CCS(=O)(=O)C2)c2ncc(Br)cc12. The minimum atomic E-state index is -2.90. The molecule has 5 nitrogen and oxygen atoms in total. The van der Waals surface area contributed by atoms with Crippen LogP contribution in [0, 0.1) is 0 Å². The molecule has 0 bridgehead atoms. The average Bonchev–Trinajstić information content (AvgIpc) is 2.72. The van der Waals surface area contributed by atoms with Crippen LogP contribution < -0.4 is 11.1 Å². The molecule has 2 aromatic rings. The predicted octanol–water partition coefficient (Wildman–Crippen LogP) is 2.18. The summed E-state index contributed by atoms with van der Waals surface area (Å²) in [6, 6.07) is 5.51. The molecule has 1 aromatic heterocycles. The smallest absolute Gasteiger partial charge is 0.152 e. The molecule has 0 aliphatic carbocycles. The van der Waals surface area contributed by atoms with Gasteiger partial charge in [0.15, 0.2) is 9.84 Å². The van der Waals surface area contributed by atoms with Crippen LogP contribution >= 0.6 is 15.9 Å². The molecule has 1 saturated heterocycles. The number of sulfone groups is 1. The third-order valence-electron chi connectivity index (χ3n) is 3.44. The monoisotopic (exact) mass is 355 g/mol. The lowest BCUT2D eigenvalue weighted by Gasteiger charge is -2.15. The van der Waals surface area contributed by atoms with Crippen LogP contribution in [0.4, 0.5) is 11.4 Å². The standard InChI is InChI=1S/C13H14BrN3O2S/c14-8-5-10-11(15)1-2-12(13(10)16-6-8)17-9-3-4-20(18,19)7-9/h1-2,5-6,9,17H,3-4,7,15H2. The number of nitrogens with one attached hydrogen (secondary N) is 1. The molecule has 0 radical (unpaired) electrons. The molecule has 1 aromatic carbocycles. The number of nitrogens with zero attached hydrogens (tertiary/aromatic N) is 1. The summed E-state index contributed by atoms with van der Waals surface area (Å²) >= 11 is 3.38. The Balaban J connectivity index is 1.98. The summed E-state index contributed by atoms with van der Waals surface area (Å²) in [5.74, 6) is 0.423. The van der Waals surface area contributed by atoms with Crippen LogP contribution in [-0.2, 0) is 9.84 Å². The first-order chi connectivity index (χ1) is 9.44. The van der Waals surface area contributed by atoms with Crippen LogP contribution in [0.25, 0.3) is 10.9 Å². The van der Waals surface area contributed by atoms with Gasteiger partial charge in [-0.3, -0.25) is 4.98 Å². The van der Waals surface area contributed by atoms with Gasteiger partial charge in [-0.1, -0.05) is 0 Å². The molecule has 1 aliphatic heterocycles. The van der Waals surface area contributed by atoms with Crippen molar-refractivity contribution in [1.82, 2.24) is 4.98 Å². The minimum Gasteiger partial charge on any atom is -0.398 e. The molecule has 0 saturated carbocycles. The van der Waals surface area contributed by atoms with E-state index in [0.29, 0.717) is 12.1 Å².